The van der Waals surface area contributed by atoms with Gasteiger partial charge in [-0.05, 0) is 32.2 Å². The molecule has 0 aliphatic rings. The second kappa shape index (κ2) is 6.57. The Kier molecular flexibility index (Phi) is 5.38. The van der Waals surface area contributed by atoms with E-state index in [1.54, 1.807) is 24.3 Å². The number of aliphatic carboxylic acids is 1. The largest absolute Gasteiger partial charge is 0.478 e. The van der Waals surface area contributed by atoms with Gasteiger partial charge in [0.05, 0.1) is 0 Å². The lowest BCUT2D eigenvalue weighted by atomic mass is 10.2. The minimum Gasteiger partial charge on any atom is -0.478 e. The molecule has 1 N–H and O–H groups in total. The van der Waals surface area contributed by atoms with Crippen molar-refractivity contribution >= 4 is 17.3 Å². The van der Waals surface area contributed by atoms with Crippen LogP contribution in [0.15, 0.2) is 29.2 Å². The highest BCUT2D eigenvalue weighted by Gasteiger charge is 2.10. The molecule has 0 spiro atoms. The summed E-state index contributed by atoms with van der Waals surface area (Å²) in [5.41, 5.74) is 0.404. The van der Waals surface area contributed by atoms with E-state index < -0.39 is 5.97 Å². The van der Waals surface area contributed by atoms with Crippen molar-refractivity contribution in [3.63, 3.8) is 0 Å². The molecule has 3 nitrogen and oxygen atoms in total. The molecule has 4 heteroatoms. The summed E-state index contributed by atoms with van der Waals surface area (Å²) in [6.45, 7) is 7.42. The Morgan fingerprint density at radius 3 is 2.76 bits per heavy atom. The van der Waals surface area contributed by atoms with E-state index in [1.165, 1.54) is 4.88 Å². The minimum atomic E-state index is -0.843. The van der Waals surface area contributed by atoms with Gasteiger partial charge in [-0.1, -0.05) is 12.1 Å². The third-order valence-electron chi connectivity index (χ3n) is 2.64. The zero-order valence-electron chi connectivity index (χ0n) is 10.5. The highest BCUT2D eigenvalue weighted by molar-refractivity contribution is 7.09. The van der Waals surface area contributed by atoms with Gasteiger partial charge in [0, 0.05) is 29.6 Å². The third kappa shape index (κ3) is 4.71. The van der Waals surface area contributed by atoms with Crippen molar-refractivity contribution in [1.29, 1.82) is 0 Å². The number of hydrogen-bond acceptors (Lipinski definition) is 3. The molecule has 0 bridgehead atoms. The van der Waals surface area contributed by atoms with E-state index in [-0.39, 0.29) is 0 Å². The Morgan fingerprint density at radius 1 is 1.59 bits per heavy atom. The molecule has 94 valence electrons. The van der Waals surface area contributed by atoms with Gasteiger partial charge < -0.3 is 5.11 Å². The first-order chi connectivity index (χ1) is 8.00. The van der Waals surface area contributed by atoms with E-state index in [4.69, 9.17) is 5.11 Å². The molecular weight excluding hydrogens is 234 g/mol. The van der Waals surface area contributed by atoms with Crippen LogP contribution in [-0.2, 0) is 11.3 Å². The number of carboxylic acid groups (broad SMARTS) is 1. The predicted molar refractivity (Wildman–Crippen MR) is 71.3 cm³/mol. The number of rotatable bonds is 6. The fraction of sp³-hybridized carbons (Fsp3) is 0.462. The van der Waals surface area contributed by atoms with Crippen molar-refractivity contribution in [2.75, 3.05) is 6.54 Å². The number of nitrogens with zero attached hydrogens (tertiary/aromatic N) is 1. The lowest BCUT2D eigenvalue weighted by Crippen LogP contribution is -2.30. The van der Waals surface area contributed by atoms with Gasteiger partial charge in [-0.3, -0.25) is 4.90 Å². The van der Waals surface area contributed by atoms with Gasteiger partial charge >= 0.3 is 5.97 Å². The van der Waals surface area contributed by atoms with E-state index in [1.807, 2.05) is 6.07 Å². The Bertz CT molecular complexity index is 382. The van der Waals surface area contributed by atoms with Gasteiger partial charge in [0.25, 0.3) is 0 Å². The molecule has 0 atom stereocenters. The zero-order chi connectivity index (χ0) is 12.8. The van der Waals surface area contributed by atoms with Gasteiger partial charge in [0.1, 0.15) is 0 Å². The number of hydrogen-bond donors (Lipinski definition) is 1. The molecule has 1 rings (SSSR count). The van der Waals surface area contributed by atoms with E-state index >= 15 is 0 Å². The molecule has 17 heavy (non-hydrogen) atoms. The van der Waals surface area contributed by atoms with Gasteiger partial charge in [0.2, 0.25) is 0 Å². The topological polar surface area (TPSA) is 40.5 Å². The van der Waals surface area contributed by atoms with Gasteiger partial charge in [0.15, 0.2) is 0 Å². The van der Waals surface area contributed by atoms with Crippen LogP contribution in [0.3, 0.4) is 0 Å². The molecule has 0 saturated carbocycles. The van der Waals surface area contributed by atoms with Crippen LogP contribution in [0.1, 0.15) is 25.6 Å². The first-order valence-electron chi connectivity index (χ1n) is 5.67. The van der Waals surface area contributed by atoms with Crippen molar-refractivity contribution in [2.45, 2.75) is 33.4 Å². The summed E-state index contributed by atoms with van der Waals surface area (Å²) in [7, 11) is 0. The van der Waals surface area contributed by atoms with Gasteiger partial charge in [-0.15, -0.1) is 11.3 Å². The molecule has 1 aromatic rings. The van der Waals surface area contributed by atoms with E-state index in [0.29, 0.717) is 18.2 Å². The standard InChI is InChI=1S/C13H19NO2S/c1-10(2)14(7-6-11(3)13(15)16)9-12-5-4-8-17-12/h4-6,8,10H,7,9H2,1-3H3,(H,15,16). The summed E-state index contributed by atoms with van der Waals surface area (Å²) in [6, 6.07) is 4.54. The molecular formula is C13H19NO2S. The Hall–Kier alpha value is -1.13. The Labute approximate surface area is 106 Å². The van der Waals surface area contributed by atoms with Crippen LogP contribution in [0.25, 0.3) is 0 Å². The van der Waals surface area contributed by atoms with E-state index in [9.17, 15) is 4.79 Å². The molecule has 0 aromatic carbocycles. The second-order valence-corrected chi connectivity index (χ2v) is 5.33. The van der Waals surface area contributed by atoms with Crippen LogP contribution in [0.2, 0.25) is 0 Å². The molecule has 0 radical (unpaired) electrons. The summed E-state index contributed by atoms with van der Waals surface area (Å²) in [5, 5.41) is 10.9. The summed E-state index contributed by atoms with van der Waals surface area (Å²) in [6.07, 6.45) is 1.77. The van der Waals surface area contributed by atoms with Crippen LogP contribution >= 0.6 is 11.3 Å². The van der Waals surface area contributed by atoms with Crippen LogP contribution in [-0.4, -0.2) is 28.6 Å². The SMILES string of the molecule is CC(=CCN(Cc1cccs1)C(C)C)C(=O)O. The average Bonchev–Trinajstić information content (AvgIpc) is 2.75. The van der Waals surface area contributed by atoms with Crippen molar-refractivity contribution in [2.24, 2.45) is 0 Å². The number of carbonyl (C=O) groups is 1. The van der Waals surface area contributed by atoms with Crippen LogP contribution in [0.5, 0.6) is 0 Å². The molecule has 0 amide bonds. The molecule has 0 aliphatic heterocycles. The van der Waals surface area contributed by atoms with E-state index in [0.717, 1.165) is 6.54 Å². The first-order valence-corrected chi connectivity index (χ1v) is 6.55. The van der Waals surface area contributed by atoms with Crippen LogP contribution in [0.4, 0.5) is 0 Å². The van der Waals surface area contributed by atoms with Crippen molar-refractivity contribution in [3.05, 3.63) is 34.0 Å². The van der Waals surface area contributed by atoms with Crippen LogP contribution in [0, 0.1) is 0 Å². The maximum Gasteiger partial charge on any atom is 0.330 e. The molecule has 1 heterocycles. The number of carboxylic acids is 1. The monoisotopic (exact) mass is 253 g/mol. The highest BCUT2D eigenvalue weighted by atomic mass is 32.1. The summed E-state index contributed by atoms with van der Waals surface area (Å²) >= 11 is 1.73. The summed E-state index contributed by atoms with van der Waals surface area (Å²) in [5.74, 6) is -0.843. The van der Waals surface area contributed by atoms with Crippen LogP contribution < -0.4 is 0 Å². The summed E-state index contributed by atoms with van der Waals surface area (Å²) in [4.78, 5) is 14.3. The van der Waals surface area contributed by atoms with Crippen molar-refractivity contribution in [3.8, 4) is 0 Å². The molecule has 0 aliphatic carbocycles. The Morgan fingerprint density at radius 2 is 2.29 bits per heavy atom. The quantitative estimate of drug-likeness (QED) is 0.792. The minimum absolute atomic E-state index is 0.398. The predicted octanol–water partition coefficient (Wildman–Crippen LogP) is 2.99. The van der Waals surface area contributed by atoms with Gasteiger partial charge in [-0.2, -0.15) is 0 Å². The Balaban J connectivity index is 2.61. The maximum absolute atomic E-state index is 10.7. The molecule has 0 unspecified atom stereocenters. The third-order valence-corrected chi connectivity index (χ3v) is 3.50. The summed E-state index contributed by atoms with van der Waals surface area (Å²) < 4.78 is 0. The molecule has 0 saturated heterocycles. The molecule has 1 aromatic heterocycles. The number of thiophene rings is 1. The maximum atomic E-state index is 10.7. The lowest BCUT2D eigenvalue weighted by Gasteiger charge is -2.24. The fourth-order valence-corrected chi connectivity index (χ4v) is 2.13. The zero-order valence-corrected chi connectivity index (χ0v) is 11.3. The first kappa shape index (κ1) is 13.9. The van der Waals surface area contributed by atoms with Crippen molar-refractivity contribution < 1.29 is 9.90 Å². The fourth-order valence-electron chi connectivity index (χ4n) is 1.40. The lowest BCUT2D eigenvalue weighted by molar-refractivity contribution is -0.132. The van der Waals surface area contributed by atoms with Crippen molar-refractivity contribution in [1.82, 2.24) is 4.90 Å². The normalized spacial score (nSPS) is 12.4. The average molecular weight is 253 g/mol. The molecule has 0 fully saturated rings. The van der Waals surface area contributed by atoms with Gasteiger partial charge in [-0.25, -0.2) is 4.79 Å². The smallest absolute Gasteiger partial charge is 0.330 e. The highest BCUT2D eigenvalue weighted by Crippen LogP contribution is 2.14. The van der Waals surface area contributed by atoms with E-state index in [2.05, 4.69) is 30.2 Å². The second-order valence-electron chi connectivity index (χ2n) is 4.29.